The first kappa shape index (κ1) is 17.3. The Bertz CT molecular complexity index is 713. The SMILES string of the molecule is CC(=O)Nc1cccc(Nc2ccc(NC(=O)NC(C)C)nc2)c1. The van der Waals surface area contributed by atoms with Crippen molar-refractivity contribution in [3.63, 3.8) is 0 Å². The lowest BCUT2D eigenvalue weighted by molar-refractivity contribution is -0.114. The number of aromatic nitrogens is 1. The highest BCUT2D eigenvalue weighted by Crippen LogP contribution is 2.20. The van der Waals surface area contributed by atoms with E-state index >= 15 is 0 Å². The van der Waals surface area contributed by atoms with Crippen molar-refractivity contribution in [3.8, 4) is 0 Å². The summed E-state index contributed by atoms with van der Waals surface area (Å²) in [4.78, 5) is 26.9. The number of benzene rings is 1. The van der Waals surface area contributed by atoms with Crippen LogP contribution < -0.4 is 21.3 Å². The fraction of sp³-hybridized carbons (Fsp3) is 0.235. The lowest BCUT2D eigenvalue weighted by Crippen LogP contribution is -2.34. The molecule has 0 saturated heterocycles. The molecule has 3 amide bonds. The fourth-order valence-corrected chi connectivity index (χ4v) is 2.00. The second kappa shape index (κ2) is 7.96. The number of amides is 3. The summed E-state index contributed by atoms with van der Waals surface area (Å²) in [5, 5.41) is 11.3. The van der Waals surface area contributed by atoms with Gasteiger partial charge < -0.3 is 16.0 Å². The molecule has 0 radical (unpaired) electrons. The fourth-order valence-electron chi connectivity index (χ4n) is 2.00. The zero-order valence-corrected chi connectivity index (χ0v) is 13.9. The maximum absolute atomic E-state index is 11.6. The van der Waals surface area contributed by atoms with Gasteiger partial charge in [-0.05, 0) is 44.2 Å². The van der Waals surface area contributed by atoms with Crippen molar-refractivity contribution in [3.05, 3.63) is 42.6 Å². The van der Waals surface area contributed by atoms with Crippen LogP contribution in [0.2, 0.25) is 0 Å². The predicted octanol–water partition coefficient (Wildman–Crippen LogP) is 3.31. The highest BCUT2D eigenvalue weighted by molar-refractivity contribution is 5.89. The van der Waals surface area contributed by atoms with Crippen LogP contribution in [0.4, 0.5) is 27.7 Å². The van der Waals surface area contributed by atoms with Crippen LogP contribution in [0.5, 0.6) is 0 Å². The molecule has 2 aromatic rings. The van der Waals surface area contributed by atoms with Crippen molar-refractivity contribution < 1.29 is 9.59 Å². The molecule has 0 spiro atoms. The normalized spacial score (nSPS) is 10.2. The number of anilines is 4. The van der Waals surface area contributed by atoms with E-state index in [1.54, 1.807) is 12.3 Å². The van der Waals surface area contributed by atoms with Crippen LogP contribution >= 0.6 is 0 Å². The molecule has 126 valence electrons. The van der Waals surface area contributed by atoms with Gasteiger partial charge in [-0.1, -0.05) is 6.07 Å². The lowest BCUT2D eigenvalue weighted by Gasteiger charge is -2.11. The summed E-state index contributed by atoms with van der Waals surface area (Å²) in [7, 11) is 0. The van der Waals surface area contributed by atoms with E-state index in [1.165, 1.54) is 6.92 Å². The number of urea groups is 1. The third-order valence-corrected chi connectivity index (χ3v) is 2.90. The van der Waals surface area contributed by atoms with Crippen molar-refractivity contribution in [1.29, 1.82) is 0 Å². The Morgan fingerprint density at radius 2 is 1.75 bits per heavy atom. The molecule has 7 heteroatoms. The van der Waals surface area contributed by atoms with Crippen molar-refractivity contribution in [2.24, 2.45) is 0 Å². The third-order valence-electron chi connectivity index (χ3n) is 2.90. The van der Waals surface area contributed by atoms with Crippen LogP contribution in [0.3, 0.4) is 0 Å². The first-order valence-corrected chi connectivity index (χ1v) is 7.60. The van der Waals surface area contributed by atoms with Crippen LogP contribution in [-0.4, -0.2) is 23.0 Å². The van der Waals surface area contributed by atoms with Gasteiger partial charge in [0.2, 0.25) is 5.91 Å². The van der Waals surface area contributed by atoms with Gasteiger partial charge in [-0.15, -0.1) is 0 Å². The van der Waals surface area contributed by atoms with E-state index in [2.05, 4.69) is 26.3 Å². The van der Waals surface area contributed by atoms with Gasteiger partial charge >= 0.3 is 6.03 Å². The smallest absolute Gasteiger partial charge is 0.320 e. The molecule has 0 unspecified atom stereocenters. The van der Waals surface area contributed by atoms with Gasteiger partial charge in [-0.25, -0.2) is 9.78 Å². The van der Waals surface area contributed by atoms with E-state index in [0.717, 1.165) is 11.4 Å². The minimum Gasteiger partial charge on any atom is -0.354 e. The van der Waals surface area contributed by atoms with E-state index < -0.39 is 0 Å². The standard InChI is InChI=1S/C17H21N5O2/c1-11(2)19-17(24)22-16-8-7-15(10-18-16)21-14-6-4-5-13(9-14)20-12(3)23/h4-11,21H,1-3H3,(H,20,23)(H2,18,19,22,24). The molecular weight excluding hydrogens is 306 g/mol. The second-order valence-corrected chi connectivity index (χ2v) is 5.57. The largest absolute Gasteiger partial charge is 0.354 e. The number of nitrogens with one attached hydrogen (secondary N) is 4. The average molecular weight is 327 g/mol. The van der Waals surface area contributed by atoms with Gasteiger partial charge in [0, 0.05) is 24.3 Å². The summed E-state index contributed by atoms with van der Waals surface area (Å²) in [5.74, 6) is 0.342. The Hall–Kier alpha value is -3.09. The minimum absolute atomic E-state index is 0.0572. The molecule has 4 N–H and O–H groups in total. The molecule has 2 rings (SSSR count). The van der Waals surface area contributed by atoms with Gasteiger partial charge in [0.15, 0.2) is 0 Å². The number of pyridine rings is 1. The topological polar surface area (TPSA) is 95.2 Å². The summed E-state index contributed by atoms with van der Waals surface area (Å²) in [6.45, 7) is 5.23. The van der Waals surface area contributed by atoms with Crippen LogP contribution in [-0.2, 0) is 4.79 Å². The van der Waals surface area contributed by atoms with Gasteiger partial charge in [0.05, 0.1) is 11.9 Å². The van der Waals surface area contributed by atoms with E-state index in [0.29, 0.717) is 11.5 Å². The Morgan fingerprint density at radius 1 is 1.00 bits per heavy atom. The summed E-state index contributed by atoms with van der Waals surface area (Å²) < 4.78 is 0. The monoisotopic (exact) mass is 327 g/mol. The van der Waals surface area contributed by atoms with E-state index in [1.807, 2.05) is 44.2 Å². The molecule has 1 aromatic carbocycles. The molecule has 0 fully saturated rings. The first-order chi connectivity index (χ1) is 11.4. The first-order valence-electron chi connectivity index (χ1n) is 7.60. The molecule has 1 aromatic heterocycles. The van der Waals surface area contributed by atoms with Crippen molar-refractivity contribution in [1.82, 2.24) is 10.3 Å². The highest BCUT2D eigenvalue weighted by Gasteiger charge is 2.04. The Kier molecular flexibility index (Phi) is 5.73. The summed E-state index contributed by atoms with van der Waals surface area (Å²) >= 11 is 0. The number of hydrogen-bond acceptors (Lipinski definition) is 4. The van der Waals surface area contributed by atoms with Gasteiger partial charge in [0.1, 0.15) is 5.82 Å². The summed E-state index contributed by atoms with van der Waals surface area (Å²) in [6.07, 6.45) is 1.62. The molecular formula is C17H21N5O2. The zero-order chi connectivity index (χ0) is 17.5. The van der Waals surface area contributed by atoms with Crippen molar-refractivity contribution in [2.45, 2.75) is 26.8 Å². The van der Waals surface area contributed by atoms with Crippen LogP contribution in [0.25, 0.3) is 0 Å². The predicted molar refractivity (Wildman–Crippen MR) is 95.6 cm³/mol. The van der Waals surface area contributed by atoms with Crippen molar-refractivity contribution >= 4 is 34.8 Å². The van der Waals surface area contributed by atoms with Crippen LogP contribution in [0.1, 0.15) is 20.8 Å². The second-order valence-electron chi connectivity index (χ2n) is 5.57. The van der Waals surface area contributed by atoms with E-state index in [4.69, 9.17) is 0 Å². The number of hydrogen-bond donors (Lipinski definition) is 4. The summed E-state index contributed by atoms with van der Waals surface area (Å²) in [5.41, 5.74) is 2.30. The summed E-state index contributed by atoms with van der Waals surface area (Å²) in [6, 6.07) is 10.6. The Balaban J connectivity index is 1.99. The molecule has 0 bridgehead atoms. The third kappa shape index (κ3) is 5.60. The Morgan fingerprint density at radius 3 is 2.38 bits per heavy atom. The van der Waals surface area contributed by atoms with Gasteiger partial charge in [-0.2, -0.15) is 0 Å². The minimum atomic E-state index is -0.291. The van der Waals surface area contributed by atoms with Crippen molar-refractivity contribution in [2.75, 3.05) is 16.0 Å². The average Bonchev–Trinajstić information content (AvgIpc) is 2.48. The van der Waals surface area contributed by atoms with E-state index in [9.17, 15) is 9.59 Å². The molecule has 0 aliphatic heterocycles. The van der Waals surface area contributed by atoms with Crippen LogP contribution in [0.15, 0.2) is 42.6 Å². The maximum Gasteiger partial charge on any atom is 0.320 e. The molecule has 24 heavy (non-hydrogen) atoms. The number of carbonyl (C=O) groups excluding carboxylic acids is 2. The number of nitrogens with zero attached hydrogens (tertiary/aromatic N) is 1. The van der Waals surface area contributed by atoms with Crippen LogP contribution in [0, 0.1) is 0 Å². The quantitative estimate of drug-likeness (QED) is 0.677. The lowest BCUT2D eigenvalue weighted by atomic mass is 10.2. The Labute approximate surface area is 140 Å². The highest BCUT2D eigenvalue weighted by atomic mass is 16.2. The molecule has 0 aliphatic rings. The maximum atomic E-state index is 11.6. The molecule has 7 nitrogen and oxygen atoms in total. The van der Waals surface area contributed by atoms with E-state index in [-0.39, 0.29) is 18.0 Å². The molecule has 1 heterocycles. The zero-order valence-electron chi connectivity index (χ0n) is 13.9. The molecule has 0 saturated carbocycles. The molecule has 0 aliphatic carbocycles. The van der Waals surface area contributed by atoms with Gasteiger partial charge in [-0.3, -0.25) is 10.1 Å². The number of carbonyl (C=O) groups is 2. The molecule has 0 atom stereocenters. The number of rotatable bonds is 5. The van der Waals surface area contributed by atoms with Gasteiger partial charge in [0.25, 0.3) is 0 Å².